The van der Waals surface area contributed by atoms with Crippen LogP contribution in [-0.2, 0) is 4.79 Å². The fraction of sp³-hybridized carbons (Fsp3) is 0.562. The third-order valence-electron chi connectivity index (χ3n) is 4.04. The number of rotatable bonds is 4. The molecule has 2 atom stereocenters. The van der Waals surface area contributed by atoms with Crippen molar-refractivity contribution in [2.75, 3.05) is 0 Å². The third kappa shape index (κ3) is 3.72. The third-order valence-corrected chi connectivity index (χ3v) is 4.04. The van der Waals surface area contributed by atoms with Crippen LogP contribution in [0, 0.1) is 19.8 Å². The smallest absolute Gasteiger partial charge is 0.303 e. The van der Waals surface area contributed by atoms with E-state index in [1.54, 1.807) is 0 Å². The molecule has 0 aromatic heterocycles. The molecule has 1 aliphatic carbocycles. The van der Waals surface area contributed by atoms with E-state index in [1.807, 2.05) is 12.1 Å². The van der Waals surface area contributed by atoms with Gasteiger partial charge in [0.1, 0.15) is 11.9 Å². The van der Waals surface area contributed by atoms with E-state index >= 15 is 0 Å². The second-order valence-corrected chi connectivity index (χ2v) is 5.54. The van der Waals surface area contributed by atoms with Gasteiger partial charge in [-0.15, -0.1) is 0 Å². The topological polar surface area (TPSA) is 46.5 Å². The Balaban J connectivity index is 2.06. The molecular weight excluding hydrogens is 240 g/mol. The highest BCUT2D eigenvalue weighted by Crippen LogP contribution is 2.31. The number of carboxylic acids is 1. The first kappa shape index (κ1) is 13.9. The molecule has 0 radical (unpaired) electrons. The van der Waals surface area contributed by atoms with Crippen LogP contribution < -0.4 is 4.74 Å². The van der Waals surface area contributed by atoms with Crippen molar-refractivity contribution >= 4 is 5.97 Å². The molecule has 19 heavy (non-hydrogen) atoms. The number of ether oxygens (including phenoxy) is 1. The average Bonchev–Trinajstić information content (AvgIpc) is 2.36. The fourth-order valence-corrected chi connectivity index (χ4v) is 2.75. The van der Waals surface area contributed by atoms with Crippen LogP contribution in [0.4, 0.5) is 0 Å². The minimum Gasteiger partial charge on any atom is -0.490 e. The Morgan fingerprint density at radius 2 is 2.00 bits per heavy atom. The van der Waals surface area contributed by atoms with Gasteiger partial charge in [0.05, 0.1) is 6.42 Å². The van der Waals surface area contributed by atoms with Crippen molar-refractivity contribution in [3.05, 3.63) is 29.3 Å². The summed E-state index contributed by atoms with van der Waals surface area (Å²) in [5.41, 5.74) is 2.46. The first-order chi connectivity index (χ1) is 9.06. The SMILES string of the molecule is Cc1ccc(OC2CCCCC2CC(=O)O)cc1C. The predicted octanol–water partition coefficient (Wildman–Crippen LogP) is 3.72. The van der Waals surface area contributed by atoms with Gasteiger partial charge in [-0.25, -0.2) is 0 Å². The Labute approximate surface area is 114 Å². The van der Waals surface area contributed by atoms with E-state index in [9.17, 15) is 4.79 Å². The summed E-state index contributed by atoms with van der Waals surface area (Å²) in [7, 11) is 0. The highest BCUT2D eigenvalue weighted by atomic mass is 16.5. The molecule has 1 fully saturated rings. The summed E-state index contributed by atoms with van der Waals surface area (Å²) >= 11 is 0. The van der Waals surface area contributed by atoms with Gasteiger partial charge >= 0.3 is 5.97 Å². The second-order valence-electron chi connectivity index (χ2n) is 5.54. The van der Waals surface area contributed by atoms with E-state index in [0.717, 1.165) is 31.4 Å². The highest BCUT2D eigenvalue weighted by Gasteiger charge is 2.28. The van der Waals surface area contributed by atoms with E-state index in [1.165, 1.54) is 11.1 Å². The van der Waals surface area contributed by atoms with Crippen molar-refractivity contribution in [1.29, 1.82) is 0 Å². The zero-order chi connectivity index (χ0) is 13.8. The van der Waals surface area contributed by atoms with Crippen molar-refractivity contribution in [3.8, 4) is 5.75 Å². The Bertz CT molecular complexity index is 453. The van der Waals surface area contributed by atoms with Gasteiger partial charge in [0.25, 0.3) is 0 Å². The van der Waals surface area contributed by atoms with Crippen LogP contribution >= 0.6 is 0 Å². The Hall–Kier alpha value is -1.51. The number of hydrogen-bond donors (Lipinski definition) is 1. The molecule has 0 aliphatic heterocycles. The van der Waals surface area contributed by atoms with Gasteiger partial charge in [-0.3, -0.25) is 4.79 Å². The summed E-state index contributed by atoms with van der Waals surface area (Å²) in [5, 5.41) is 8.97. The number of benzene rings is 1. The molecule has 3 nitrogen and oxygen atoms in total. The number of aliphatic carboxylic acids is 1. The van der Waals surface area contributed by atoms with E-state index in [2.05, 4.69) is 19.9 Å². The number of hydrogen-bond acceptors (Lipinski definition) is 2. The van der Waals surface area contributed by atoms with Crippen LogP contribution in [0.5, 0.6) is 5.75 Å². The largest absolute Gasteiger partial charge is 0.490 e. The summed E-state index contributed by atoms with van der Waals surface area (Å²) in [4.78, 5) is 10.9. The maximum Gasteiger partial charge on any atom is 0.303 e. The predicted molar refractivity (Wildman–Crippen MR) is 74.5 cm³/mol. The summed E-state index contributed by atoms with van der Waals surface area (Å²) in [6, 6.07) is 6.08. The standard InChI is InChI=1S/C16H22O3/c1-11-7-8-14(9-12(11)2)19-15-6-4-3-5-13(15)10-16(17)18/h7-9,13,15H,3-6,10H2,1-2H3,(H,17,18). The maximum atomic E-state index is 10.9. The Kier molecular flexibility index (Phi) is 4.46. The van der Waals surface area contributed by atoms with Crippen molar-refractivity contribution in [2.24, 2.45) is 5.92 Å². The maximum absolute atomic E-state index is 10.9. The van der Waals surface area contributed by atoms with Gasteiger partial charge in [-0.2, -0.15) is 0 Å². The molecule has 2 rings (SSSR count). The molecule has 104 valence electrons. The van der Waals surface area contributed by atoms with E-state index < -0.39 is 5.97 Å². The monoisotopic (exact) mass is 262 g/mol. The molecule has 0 bridgehead atoms. The van der Waals surface area contributed by atoms with Gasteiger partial charge in [0.2, 0.25) is 0 Å². The molecule has 1 aromatic carbocycles. The quantitative estimate of drug-likeness (QED) is 0.899. The molecule has 1 saturated carbocycles. The molecule has 1 aromatic rings. The van der Waals surface area contributed by atoms with Gasteiger partial charge in [-0.05, 0) is 56.4 Å². The lowest BCUT2D eigenvalue weighted by Crippen LogP contribution is -2.32. The van der Waals surface area contributed by atoms with Gasteiger partial charge in [0, 0.05) is 5.92 Å². The molecule has 3 heteroatoms. The van der Waals surface area contributed by atoms with Crippen LogP contribution in [0.25, 0.3) is 0 Å². The van der Waals surface area contributed by atoms with Crippen LogP contribution in [0.2, 0.25) is 0 Å². The summed E-state index contributed by atoms with van der Waals surface area (Å²) in [6.45, 7) is 4.14. The Morgan fingerprint density at radius 3 is 2.68 bits per heavy atom. The van der Waals surface area contributed by atoms with Crippen molar-refractivity contribution < 1.29 is 14.6 Å². The number of aryl methyl sites for hydroxylation is 2. The summed E-state index contributed by atoms with van der Waals surface area (Å²) in [5.74, 6) is 0.291. The number of carbonyl (C=O) groups is 1. The lowest BCUT2D eigenvalue weighted by Gasteiger charge is -2.31. The molecule has 1 aliphatic rings. The van der Waals surface area contributed by atoms with Crippen LogP contribution in [0.3, 0.4) is 0 Å². The molecule has 0 spiro atoms. The van der Waals surface area contributed by atoms with Crippen LogP contribution in [0.1, 0.15) is 43.2 Å². The van der Waals surface area contributed by atoms with Crippen molar-refractivity contribution in [3.63, 3.8) is 0 Å². The van der Waals surface area contributed by atoms with Crippen LogP contribution in [-0.4, -0.2) is 17.2 Å². The molecule has 2 unspecified atom stereocenters. The average molecular weight is 262 g/mol. The van der Waals surface area contributed by atoms with Gasteiger partial charge in [0.15, 0.2) is 0 Å². The summed E-state index contributed by atoms with van der Waals surface area (Å²) < 4.78 is 6.04. The second kappa shape index (κ2) is 6.09. The molecule has 0 saturated heterocycles. The lowest BCUT2D eigenvalue weighted by molar-refractivity contribution is -0.139. The minimum absolute atomic E-state index is 0.0481. The zero-order valence-electron chi connectivity index (χ0n) is 11.7. The lowest BCUT2D eigenvalue weighted by atomic mass is 9.84. The van der Waals surface area contributed by atoms with Crippen molar-refractivity contribution in [2.45, 2.75) is 52.1 Å². The molecule has 0 amide bonds. The van der Waals surface area contributed by atoms with Gasteiger partial charge in [-0.1, -0.05) is 12.5 Å². The minimum atomic E-state index is -0.722. The van der Waals surface area contributed by atoms with E-state index in [0.29, 0.717) is 0 Å². The van der Waals surface area contributed by atoms with E-state index in [-0.39, 0.29) is 18.4 Å². The molecular formula is C16H22O3. The molecule has 1 N–H and O–H groups in total. The first-order valence-corrected chi connectivity index (χ1v) is 7.02. The normalized spacial score (nSPS) is 23.1. The first-order valence-electron chi connectivity index (χ1n) is 7.02. The van der Waals surface area contributed by atoms with Crippen molar-refractivity contribution in [1.82, 2.24) is 0 Å². The van der Waals surface area contributed by atoms with Crippen LogP contribution in [0.15, 0.2) is 18.2 Å². The molecule has 0 heterocycles. The van der Waals surface area contributed by atoms with Gasteiger partial charge < -0.3 is 9.84 Å². The number of carboxylic acid groups (broad SMARTS) is 1. The zero-order valence-corrected chi connectivity index (χ0v) is 11.7. The fourth-order valence-electron chi connectivity index (χ4n) is 2.75. The van der Waals surface area contributed by atoms with E-state index in [4.69, 9.17) is 9.84 Å². The Morgan fingerprint density at radius 1 is 1.26 bits per heavy atom. The highest BCUT2D eigenvalue weighted by molar-refractivity contribution is 5.67. The summed E-state index contributed by atoms with van der Waals surface area (Å²) in [6.07, 6.45) is 4.44.